The van der Waals surface area contributed by atoms with Crippen LogP contribution >= 0.6 is 0 Å². The van der Waals surface area contributed by atoms with Crippen molar-refractivity contribution in [2.24, 2.45) is 0 Å². The molecule has 290 valence electrons. The second-order valence-corrected chi connectivity index (χ2v) is 12.5. The molecule has 0 aliphatic heterocycles. The molecule has 0 aliphatic rings. The number of aromatic nitrogens is 4. The van der Waals surface area contributed by atoms with Crippen LogP contribution in [-0.2, 0) is 19.6 Å². The number of hydrogen-bond donors (Lipinski definition) is 2. The fraction of sp³-hybridized carbons (Fsp3) is 0.222. The molecule has 0 aliphatic carbocycles. The summed E-state index contributed by atoms with van der Waals surface area (Å²) in [6.45, 7) is -3.85. The third kappa shape index (κ3) is 9.47. The van der Waals surface area contributed by atoms with Crippen molar-refractivity contribution in [1.82, 2.24) is 18.7 Å². The summed E-state index contributed by atoms with van der Waals surface area (Å²) in [7, 11) is 0. The number of hydrogen-bond acceptors (Lipinski definition) is 7. The molecule has 11 nitrogen and oxygen atoms in total. The van der Waals surface area contributed by atoms with Gasteiger partial charge in [-0.25, -0.2) is 27.2 Å². The maximum Gasteiger partial charge on any atom is 0.387 e. The molecule has 2 aromatic heterocycles. The Bertz CT molecular complexity index is 2600. The first-order chi connectivity index (χ1) is 25.8. The van der Waals surface area contributed by atoms with Gasteiger partial charge in [0.2, 0.25) is 0 Å². The molecule has 0 radical (unpaired) electrons. The smallest absolute Gasteiger partial charge is 0.387 e. The zero-order valence-electron chi connectivity index (χ0n) is 28.5. The number of rotatable bonds is 10. The largest absolute Gasteiger partial charge is 0.435 e. The molecule has 0 fully saturated rings. The highest BCUT2D eigenvalue weighted by Crippen LogP contribution is 2.19. The van der Waals surface area contributed by atoms with E-state index in [-0.39, 0.29) is 52.9 Å². The zero-order chi connectivity index (χ0) is 40.4. The molecule has 0 saturated carbocycles. The van der Waals surface area contributed by atoms with Gasteiger partial charge in [0, 0.05) is 12.1 Å². The van der Waals surface area contributed by atoms with Crippen LogP contribution in [0.2, 0.25) is 0 Å². The van der Waals surface area contributed by atoms with Gasteiger partial charge in [0.1, 0.15) is 11.5 Å². The molecular weight excluding hydrogens is 752 g/mol. The minimum Gasteiger partial charge on any atom is -0.435 e. The molecule has 6 aromatic rings. The Kier molecular flexibility index (Phi) is 11.6. The molecule has 0 bridgehead atoms. The van der Waals surface area contributed by atoms with E-state index in [1.165, 1.54) is 62.4 Å². The van der Waals surface area contributed by atoms with Crippen LogP contribution in [0, 0.1) is 23.3 Å². The van der Waals surface area contributed by atoms with Crippen LogP contribution in [-0.4, -0.2) is 42.6 Å². The molecule has 4 aromatic carbocycles. The summed E-state index contributed by atoms with van der Waals surface area (Å²) in [5.74, 6) is -5.06. The molecule has 55 heavy (non-hydrogen) atoms. The van der Waals surface area contributed by atoms with E-state index in [0.29, 0.717) is 23.3 Å². The Morgan fingerprint density at radius 3 is 1.56 bits per heavy atom. The Balaban J connectivity index is 0.000000214. The lowest BCUT2D eigenvalue weighted by Crippen LogP contribution is -2.43. The topological polar surface area (TPSA) is 138 Å². The fourth-order valence-electron chi connectivity index (χ4n) is 5.40. The first-order valence-electron chi connectivity index (χ1n) is 15.9. The van der Waals surface area contributed by atoms with Crippen molar-refractivity contribution in [3.63, 3.8) is 0 Å². The van der Waals surface area contributed by atoms with Crippen LogP contribution in [0.1, 0.15) is 25.0 Å². The van der Waals surface area contributed by atoms with Crippen LogP contribution in [0.4, 0.5) is 35.1 Å². The van der Waals surface area contributed by atoms with Gasteiger partial charge in [-0.3, -0.25) is 23.3 Å². The van der Waals surface area contributed by atoms with E-state index in [0.717, 1.165) is 25.8 Å². The Hall–Kier alpha value is -6.24. The first kappa shape index (κ1) is 40.0. The van der Waals surface area contributed by atoms with Crippen LogP contribution in [0.3, 0.4) is 0 Å². The number of aliphatic hydroxyl groups is 1. The van der Waals surface area contributed by atoms with Gasteiger partial charge in [-0.2, -0.15) is 17.6 Å². The summed E-state index contributed by atoms with van der Waals surface area (Å²) in [4.78, 5) is 52.5. The van der Waals surface area contributed by atoms with Crippen LogP contribution < -0.4 is 32.0 Å². The predicted octanol–water partition coefficient (Wildman–Crippen LogP) is 5.48. The van der Waals surface area contributed by atoms with Crippen molar-refractivity contribution < 1.29 is 49.7 Å². The molecule has 19 heteroatoms. The first-order valence-corrected chi connectivity index (χ1v) is 15.9. The monoisotopic (exact) mass is 780 g/mol. The normalized spacial score (nSPS) is 11.7. The van der Waals surface area contributed by atoms with E-state index < -0.39 is 64.6 Å². The predicted molar refractivity (Wildman–Crippen MR) is 182 cm³/mol. The Morgan fingerprint density at radius 2 is 1.07 bits per heavy atom. The maximum absolute atomic E-state index is 13.8. The number of benzene rings is 4. The zero-order valence-corrected chi connectivity index (χ0v) is 28.5. The standard InChI is InChI=1S/C20H18F4N2O4.C16H10F4N2O3/c1-20(2,29)10-26-16-8-15(22)14(21)7-13(16)17(27)25(19(26)28)9-11-3-5-12(6-4-11)30-18(23)24;17-11-5-10-13(6-12(11)18)21-16(24)22(14(10)23)7-8-1-3-9(4-2-8)25-15(19)20/h3-8,18,29H,9-10H2,1-2H3;1-6,15H,7H2,(H,21,24). The minimum absolute atomic E-state index is 0.0731. The van der Waals surface area contributed by atoms with E-state index in [2.05, 4.69) is 14.5 Å². The van der Waals surface area contributed by atoms with E-state index >= 15 is 0 Å². The van der Waals surface area contributed by atoms with E-state index in [1.54, 1.807) is 0 Å². The molecule has 0 saturated heterocycles. The van der Waals surface area contributed by atoms with Crippen molar-refractivity contribution in [3.05, 3.63) is 149 Å². The minimum atomic E-state index is -3.00. The second-order valence-electron chi connectivity index (χ2n) is 12.5. The van der Waals surface area contributed by atoms with Gasteiger partial charge in [0.25, 0.3) is 11.1 Å². The lowest BCUT2D eigenvalue weighted by Gasteiger charge is -2.21. The number of halogens is 8. The molecule has 0 spiro atoms. The third-order valence-electron chi connectivity index (χ3n) is 7.81. The Labute approximate surface area is 302 Å². The van der Waals surface area contributed by atoms with Gasteiger partial charge in [0.15, 0.2) is 23.3 Å². The summed E-state index contributed by atoms with van der Waals surface area (Å²) in [5, 5.41) is 9.72. The number of aromatic amines is 1. The number of H-pyrrole nitrogens is 1. The number of nitrogens with zero attached hydrogens (tertiary/aromatic N) is 3. The average Bonchev–Trinajstić information content (AvgIpc) is 3.10. The van der Waals surface area contributed by atoms with Crippen molar-refractivity contribution in [3.8, 4) is 11.5 Å². The number of fused-ring (bicyclic) bond motifs is 2. The van der Waals surface area contributed by atoms with Gasteiger partial charge in [-0.05, 0) is 61.4 Å². The van der Waals surface area contributed by atoms with Crippen LogP contribution in [0.5, 0.6) is 11.5 Å². The molecule has 2 N–H and O–H groups in total. The van der Waals surface area contributed by atoms with Gasteiger partial charge in [-0.15, -0.1) is 0 Å². The van der Waals surface area contributed by atoms with E-state index in [4.69, 9.17) is 0 Å². The average molecular weight is 781 g/mol. The van der Waals surface area contributed by atoms with Crippen molar-refractivity contribution in [2.75, 3.05) is 0 Å². The number of nitrogens with one attached hydrogen (secondary N) is 1. The third-order valence-corrected chi connectivity index (χ3v) is 7.81. The molecule has 6 rings (SSSR count). The highest BCUT2D eigenvalue weighted by Gasteiger charge is 2.22. The van der Waals surface area contributed by atoms with Crippen molar-refractivity contribution in [2.45, 2.75) is 52.3 Å². The van der Waals surface area contributed by atoms with Crippen molar-refractivity contribution >= 4 is 21.8 Å². The highest BCUT2D eigenvalue weighted by atomic mass is 19.3. The summed E-state index contributed by atoms with van der Waals surface area (Å²) in [5.41, 5.74) is -4.10. The van der Waals surface area contributed by atoms with E-state index in [9.17, 15) is 59.4 Å². The lowest BCUT2D eigenvalue weighted by atomic mass is 10.1. The van der Waals surface area contributed by atoms with Crippen molar-refractivity contribution in [1.29, 1.82) is 0 Å². The summed E-state index contributed by atoms with van der Waals surface area (Å²) >= 11 is 0. The van der Waals surface area contributed by atoms with Crippen LogP contribution in [0.25, 0.3) is 21.8 Å². The van der Waals surface area contributed by atoms with Gasteiger partial charge < -0.3 is 19.6 Å². The molecule has 0 amide bonds. The highest BCUT2D eigenvalue weighted by molar-refractivity contribution is 5.78. The molecule has 0 atom stereocenters. The summed E-state index contributed by atoms with van der Waals surface area (Å²) < 4.78 is 114. The molecule has 2 heterocycles. The second kappa shape index (κ2) is 16.0. The maximum atomic E-state index is 13.8. The van der Waals surface area contributed by atoms with E-state index in [1.807, 2.05) is 0 Å². The van der Waals surface area contributed by atoms with Gasteiger partial charge in [0.05, 0.1) is 47.0 Å². The van der Waals surface area contributed by atoms with Crippen LogP contribution in [0.15, 0.2) is 92.0 Å². The van der Waals surface area contributed by atoms with Gasteiger partial charge >= 0.3 is 24.6 Å². The molecule has 0 unspecified atom stereocenters. The summed E-state index contributed by atoms with van der Waals surface area (Å²) in [6, 6.07) is 13.5. The number of ether oxygens (including phenoxy) is 2. The lowest BCUT2D eigenvalue weighted by molar-refractivity contribution is -0.0505. The number of alkyl halides is 4. The molecular formula is C36H28F8N4O7. The SMILES string of the molecule is CC(C)(O)Cn1c(=O)n(Cc2ccc(OC(F)F)cc2)c(=O)c2cc(F)c(F)cc21.O=c1[nH]c2cc(F)c(F)cc2c(=O)n1Cc1ccc(OC(F)F)cc1. The fourth-order valence-corrected chi connectivity index (χ4v) is 5.40. The quantitative estimate of drug-likeness (QED) is 0.176. The summed E-state index contributed by atoms with van der Waals surface area (Å²) in [6.07, 6.45) is 0. The Morgan fingerprint density at radius 1 is 0.636 bits per heavy atom. The van der Waals surface area contributed by atoms with Gasteiger partial charge in [-0.1, -0.05) is 24.3 Å².